The largest absolute Gasteiger partial charge is 0.497 e. The zero-order valence-corrected chi connectivity index (χ0v) is 17.3. The standard InChI is InChI=1S/C23H29NO5/c1-4-29-19-7-5-6-17(14-19)22(24-12-10-16(11-13-24)23(25)26)20-15-18(27-2)8-9-21(20)28-3/h5-9,14-16,22H,4,10-13H2,1-3H3,(H,25,26). The van der Waals surface area contributed by atoms with Gasteiger partial charge in [-0.3, -0.25) is 9.69 Å². The Morgan fingerprint density at radius 3 is 2.48 bits per heavy atom. The summed E-state index contributed by atoms with van der Waals surface area (Å²) in [5.41, 5.74) is 2.07. The van der Waals surface area contributed by atoms with Crippen molar-refractivity contribution in [3.8, 4) is 17.2 Å². The molecule has 1 aliphatic rings. The fourth-order valence-corrected chi connectivity index (χ4v) is 3.99. The normalized spacial score (nSPS) is 16.2. The van der Waals surface area contributed by atoms with Crippen LogP contribution in [0.15, 0.2) is 42.5 Å². The molecule has 29 heavy (non-hydrogen) atoms. The Kier molecular flexibility index (Phi) is 6.99. The zero-order valence-electron chi connectivity index (χ0n) is 17.3. The van der Waals surface area contributed by atoms with Crippen molar-refractivity contribution in [1.29, 1.82) is 0 Å². The quantitative estimate of drug-likeness (QED) is 0.724. The number of carboxylic acids is 1. The average molecular weight is 399 g/mol. The van der Waals surface area contributed by atoms with Crippen LogP contribution in [0.1, 0.15) is 36.9 Å². The molecule has 1 aliphatic heterocycles. The fraction of sp³-hybridized carbons (Fsp3) is 0.435. The molecule has 1 atom stereocenters. The minimum absolute atomic E-state index is 0.0878. The maximum absolute atomic E-state index is 11.4. The van der Waals surface area contributed by atoms with Crippen molar-refractivity contribution >= 4 is 5.97 Å². The van der Waals surface area contributed by atoms with Gasteiger partial charge < -0.3 is 19.3 Å². The number of methoxy groups -OCH3 is 2. The van der Waals surface area contributed by atoms with E-state index in [2.05, 4.69) is 17.0 Å². The molecule has 1 unspecified atom stereocenters. The molecule has 0 aromatic heterocycles. The molecule has 156 valence electrons. The molecule has 1 heterocycles. The minimum Gasteiger partial charge on any atom is -0.497 e. The summed E-state index contributed by atoms with van der Waals surface area (Å²) in [6.07, 6.45) is 1.26. The molecule has 0 spiro atoms. The zero-order chi connectivity index (χ0) is 20.8. The van der Waals surface area contributed by atoms with Crippen LogP contribution in [0.5, 0.6) is 17.2 Å². The molecule has 2 aromatic carbocycles. The lowest BCUT2D eigenvalue weighted by Crippen LogP contribution is -2.39. The summed E-state index contributed by atoms with van der Waals surface area (Å²) in [7, 11) is 3.31. The van der Waals surface area contributed by atoms with Gasteiger partial charge in [-0.25, -0.2) is 0 Å². The highest BCUT2D eigenvalue weighted by atomic mass is 16.5. The van der Waals surface area contributed by atoms with Gasteiger partial charge in [0.25, 0.3) is 0 Å². The molecule has 6 nitrogen and oxygen atoms in total. The van der Waals surface area contributed by atoms with E-state index in [1.165, 1.54) is 0 Å². The van der Waals surface area contributed by atoms with Gasteiger partial charge in [0.1, 0.15) is 17.2 Å². The Morgan fingerprint density at radius 1 is 1.10 bits per heavy atom. The number of piperidine rings is 1. The number of rotatable bonds is 8. The Labute approximate surface area is 172 Å². The van der Waals surface area contributed by atoms with Crippen molar-refractivity contribution in [3.63, 3.8) is 0 Å². The molecule has 0 bridgehead atoms. The third-order valence-electron chi connectivity index (χ3n) is 5.46. The Hall–Kier alpha value is -2.73. The second-order valence-electron chi connectivity index (χ2n) is 7.16. The highest BCUT2D eigenvalue weighted by Gasteiger charge is 2.32. The number of hydrogen-bond acceptors (Lipinski definition) is 5. The summed E-state index contributed by atoms with van der Waals surface area (Å²) in [4.78, 5) is 13.7. The molecule has 2 aromatic rings. The van der Waals surface area contributed by atoms with E-state index in [0.717, 1.165) is 28.4 Å². The third kappa shape index (κ3) is 4.82. The van der Waals surface area contributed by atoms with Crippen molar-refractivity contribution < 1.29 is 24.1 Å². The molecule has 3 rings (SSSR count). The highest BCUT2D eigenvalue weighted by molar-refractivity contribution is 5.70. The predicted molar refractivity (Wildman–Crippen MR) is 111 cm³/mol. The number of carboxylic acid groups (broad SMARTS) is 1. The number of likely N-dealkylation sites (tertiary alicyclic amines) is 1. The van der Waals surface area contributed by atoms with Crippen molar-refractivity contribution in [3.05, 3.63) is 53.6 Å². The monoisotopic (exact) mass is 399 g/mol. The van der Waals surface area contributed by atoms with Crippen molar-refractivity contribution in [2.75, 3.05) is 33.9 Å². The lowest BCUT2D eigenvalue weighted by molar-refractivity contribution is -0.143. The molecule has 1 N–H and O–H groups in total. The van der Waals surface area contributed by atoms with Crippen LogP contribution < -0.4 is 14.2 Å². The van der Waals surface area contributed by atoms with Crippen LogP contribution >= 0.6 is 0 Å². The summed E-state index contributed by atoms with van der Waals surface area (Å²) in [5.74, 6) is 1.36. The van der Waals surface area contributed by atoms with Gasteiger partial charge in [0, 0.05) is 5.56 Å². The lowest BCUT2D eigenvalue weighted by Gasteiger charge is -2.37. The van der Waals surface area contributed by atoms with Gasteiger partial charge >= 0.3 is 5.97 Å². The lowest BCUT2D eigenvalue weighted by atomic mass is 9.90. The summed E-state index contributed by atoms with van der Waals surface area (Å²) < 4.78 is 16.8. The topological polar surface area (TPSA) is 68.2 Å². The van der Waals surface area contributed by atoms with Gasteiger partial charge in [-0.15, -0.1) is 0 Å². The SMILES string of the molecule is CCOc1cccc(C(c2cc(OC)ccc2OC)N2CCC(C(=O)O)CC2)c1. The van der Waals surface area contributed by atoms with E-state index in [9.17, 15) is 9.90 Å². The second kappa shape index (κ2) is 9.65. The maximum Gasteiger partial charge on any atom is 0.306 e. The second-order valence-corrected chi connectivity index (χ2v) is 7.16. The number of aliphatic carboxylic acids is 1. The Balaban J connectivity index is 2.03. The van der Waals surface area contributed by atoms with E-state index < -0.39 is 5.97 Å². The molecule has 0 saturated carbocycles. The molecule has 0 amide bonds. The minimum atomic E-state index is -0.710. The van der Waals surface area contributed by atoms with Crippen LogP contribution in [0.3, 0.4) is 0 Å². The van der Waals surface area contributed by atoms with Gasteiger partial charge in [-0.2, -0.15) is 0 Å². The van der Waals surface area contributed by atoms with E-state index in [0.29, 0.717) is 32.5 Å². The third-order valence-corrected chi connectivity index (χ3v) is 5.46. The van der Waals surface area contributed by atoms with E-state index >= 15 is 0 Å². The molecular weight excluding hydrogens is 370 g/mol. The van der Waals surface area contributed by atoms with Gasteiger partial charge in [-0.1, -0.05) is 12.1 Å². The smallest absolute Gasteiger partial charge is 0.306 e. The first kappa shape index (κ1) is 21.0. The number of hydrogen-bond donors (Lipinski definition) is 1. The summed E-state index contributed by atoms with van der Waals surface area (Å²) in [6.45, 7) is 3.95. The van der Waals surface area contributed by atoms with Crippen LogP contribution in [0, 0.1) is 5.92 Å². The first-order chi connectivity index (χ1) is 14.1. The number of ether oxygens (including phenoxy) is 3. The number of nitrogens with zero attached hydrogens (tertiary/aromatic N) is 1. The van der Waals surface area contributed by atoms with Gasteiger partial charge in [0.2, 0.25) is 0 Å². The van der Waals surface area contributed by atoms with Crippen LogP contribution in [-0.2, 0) is 4.79 Å². The molecule has 1 fully saturated rings. The molecule has 1 saturated heterocycles. The highest BCUT2D eigenvalue weighted by Crippen LogP contribution is 2.39. The van der Waals surface area contributed by atoms with Crippen LogP contribution in [0.4, 0.5) is 0 Å². The molecule has 0 radical (unpaired) electrons. The van der Waals surface area contributed by atoms with Gasteiger partial charge in [0.15, 0.2) is 0 Å². The average Bonchev–Trinajstić information content (AvgIpc) is 2.75. The Morgan fingerprint density at radius 2 is 1.86 bits per heavy atom. The first-order valence-electron chi connectivity index (χ1n) is 9.98. The molecule has 0 aliphatic carbocycles. The number of carbonyl (C=O) groups is 1. The van der Waals surface area contributed by atoms with E-state index in [-0.39, 0.29) is 12.0 Å². The van der Waals surface area contributed by atoms with Gasteiger partial charge in [-0.05, 0) is 68.8 Å². The van der Waals surface area contributed by atoms with Crippen LogP contribution in [-0.4, -0.2) is 49.9 Å². The van der Waals surface area contributed by atoms with Crippen molar-refractivity contribution in [2.45, 2.75) is 25.8 Å². The summed E-state index contributed by atoms with van der Waals surface area (Å²) in [6, 6.07) is 13.8. The first-order valence-corrected chi connectivity index (χ1v) is 9.98. The summed E-state index contributed by atoms with van der Waals surface area (Å²) >= 11 is 0. The fourth-order valence-electron chi connectivity index (χ4n) is 3.99. The van der Waals surface area contributed by atoms with Crippen LogP contribution in [0.2, 0.25) is 0 Å². The molecule has 6 heteroatoms. The van der Waals surface area contributed by atoms with Gasteiger partial charge in [0.05, 0.1) is 32.8 Å². The Bertz CT molecular complexity index is 830. The maximum atomic E-state index is 11.4. The van der Waals surface area contributed by atoms with Crippen molar-refractivity contribution in [2.24, 2.45) is 5.92 Å². The van der Waals surface area contributed by atoms with Crippen molar-refractivity contribution in [1.82, 2.24) is 4.90 Å². The van der Waals surface area contributed by atoms with E-state index in [1.54, 1.807) is 14.2 Å². The summed E-state index contributed by atoms with van der Waals surface area (Å²) in [5, 5.41) is 9.37. The van der Waals surface area contributed by atoms with Crippen LogP contribution in [0.25, 0.3) is 0 Å². The molecular formula is C23H29NO5. The predicted octanol–water partition coefficient (Wildman–Crippen LogP) is 3.99. The van der Waals surface area contributed by atoms with E-state index in [1.807, 2.05) is 37.3 Å². The van der Waals surface area contributed by atoms with E-state index in [4.69, 9.17) is 14.2 Å². The number of benzene rings is 2.